The van der Waals surface area contributed by atoms with Crippen LogP contribution in [0.15, 0.2) is 29.2 Å². The van der Waals surface area contributed by atoms with Crippen molar-refractivity contribution in [1.82, 2.24) is 9.97 Å². The number of thiophene rings is 1. The van der Waals surface area contributed by atoms with Gasteiger partial charge in [-0.3, -0.25) is 0 Å². The number of hydrogen-bond acceptors (Lipinski definition) is 3. The van der Waals surface area contributed by atoms with Gasteiger partial charge in [0.25, 0.3) is 0 Å². The fraction of sp³-hybridized carbons (Fsp3) is 0.111. The summed E-state index contributed by atoms with van der Waals surface area (Å²) in [6.07, 6.45) is 3.51. The molecule has 0 saturated carbocycles. The first-order valence-corrected chi connectivity index (χ1v) is 5.27. The molecular formula is C9H7ClN2S. The fourth-order valence-corrected chi connectivity index (χ4v) is 1.74. The molecule has 0 amide bonds. The molecule has 4 heteroatoms. The number of aromatic nitrogens is 2. The summed E-state index contributed by atoms with van der Waals surface area (Å²) in [6.45, 7) is 0. The maximum atomic E-state index is 5.63. The van der Waals surface area contributed by atoms with Gasteiger partial charge in [-0.1, -0.05) is 0 Å². The average molecular weight is 211 g/mol. The molecule has 0 aliphatic carbocycles. The molecular weight excluding hydrogens is 204 g/mol. The first kappa shape index (κ1) is 8.66. The smallest absolute Gasteiger partial charge is 0.159 e. The molecule has 0 fully saturated rings. The van der Waals surface area contributed by atoms with E-state index in [4.69, 9.17) is 11.6 Å². The monoisotopic (exact) mass is 210 g/mol. The van der Waals surface area contributed by atoms with Gasteiger partial charge in [-0.2, -0.15) is 11.3 Å². The van der Waals surface area contributed by atoms with Crippen molar-refractivity contribution in [2.45, 2.75) is 5.88 Å². The SMILES string of the molecule is ClCc1cnc(-c2ccsc2)nc1. The molecule has 2 aromatic heterocycles. The van der Waals surface area contributed by atoms with Crippen molar-refractivity contribution in [3.05, 3.63) is 34.8 Å². The summed E-state index contributed by atoms with van der Waals surface area (Å²) in [6, 6.07) is 2.00. The number of nitrogens with zero attached hydrogens (tertiary/aromatic N) is 2. The molecule has 0 radical (unpaired) electrons. The molecule has 13 heavy (non-hydrogen) atoms. The highest BCUT2D eigenvalue weighted by Crippen LogP contribution is 2.17. The van der Waals surface area contributed by atoms with E-state index in [0.717, 1.165) is 17.0 Å². The number of rotatable bonds is 2. The van der Waals surface area contributed by atoms with Crippen molar-refractivity contribution < 1.29 is 0 Å². The van der Waals surface area contributed by atoms with Crippen LogP contribution in [-0.4, -0.2) is 9.97 Å². The zero-order valence-electron chi connectivity index (χ0n) is 6.77. The third-order valence-corrected chi connectivity index (χ3v) is 2.63. The minimum atomic E-state index is 0.462. The Morgan fingerprint density at radius 3 is 2.62 bits per heavy atom. The van der Waals surface area contributed by atoms with E-state index in [9.17, 15) is 0 Å². The summed E-state index contributed by atoms with van der Waals surface area (Å²) in [5.41, 5.74) is 2.01. The molecule has 0 N–H and O–H groups in total. The van der Waals surface area contributed by atoms with Gasteiger partial charge in [-0.25, -0.2) is 9.97 Å². The standard InChI is InChI=1S/C9H7ClN2S/c10-3-7-4-11-9(12-5-7)8-1-2-13-6-8/h1-2,4-6H,3H2. The zero-order chi connectivity index (χ0) is 9.10. The molecule has 0 aliphatic heterocycles. The van der Waals surface area contributed by atoms with Crippen LogP contribution in [0.5, 0.6) is 0 Å². The fourth-order valence-electron chi connectivity index (χ4n) is 0.965. The van der Waals surface area contributed by atoms with Crippen LogP contribution in [0.3, 0.4) is 0 Å². The molecule has 2 heterocycles. The average Bonchev–Trinajstić information content (AvgIpc) is 2.71. The van der Waals surface area contributed by atoms with Gasteiger partial charge in [0.2, 0.25) is 0 Å². The maximum absolute atomic E-state index is 5.63. The summed E-state index contributed by atoms with van der Waals surface area (Å²) >= 11 is 7.26. The Hall–Kier alpha value is -0.930. The van der Waals surface area contributed by atoms with Gasteiger partial charge in [0.1, 0.15) is 0 Å². The molecule has 0 aromatic carbocycles. The van der Waals surface area contributed by atoms with Crippen LogP contribution >= 0.6 is 22.9 Å². The molecule has 0 spiro atoms. The van der Waals surface area contributed by atoms with Crippen molar-refractivity contribution in [2.24, 2.45) is 0 Å². The second kappa shape index (κ2) is 3.85. The van der Waals surface area contributed by atoms with Crippen LogP contribution in [-0.2, 0) is 5.88 Å². The topological polar surface area (TPSA) is 25.8 Å². The lowest BCUT2D eigenvalue weighted by molar-refractivity contribution is 1.13. The van der Waals surface area contributed by atoms with Crippen LogP contribution in [0.25, 0.3) is 11.4 Å². The van der Waals surface area contributed by atoms with Crippen LogP contribution in [0.1, 0.15) is 5.56 Å². The van der Waals surface area contributed by atoms with Gasteiger partial charge in [-0.05, 0) is 11.4 Å². The van der Waals surface area contributed by atoms with Crippen molar-refractivity contribution in [3.63, 3.8) is 0 Å². The summed E-state index contributed by atoms with van der Waals surface area (Å²) in [7, 11) is 0. The third-order valence-electron chi connectivity index (χ3n) is 1.64. The molecule has 0 saturated heterocycles. The van der Waals surface area contributed by atoms with Gasteiger partial charge in [0.05, 0.1) is 5.88 Å². The van der Waals surface area contributed by atoms with E-state index in [-0.39, 0.29) is 0 Å². The van der Waals surface area contributed by atoms with E-state index in [2.05, 4.69) is 9.97 Å². The molecule has 0 aliphatic rings. The highest BCUT2D eigenvalue weighted by Gasteiger charge is 2.00. The first-order valence-electron chi connectivity index (χ1n) is 3.79. The van der Waals surface area contributed by atoms with E-state index in [1.807, 2.05) is 16.8 Å². The second-order valence-electron chi connectivity index (χ2n) is 2.56. The maximum Gasteiger partial charge on any atom is 0.159 e. The Morgan fingerprint density at radius 2 is 2.08 bits per heavy atom. The van der Waals surface area contributed by atoms with E-state index in [1.54, 1.807) is 23.7 Å². The van der Waals surface area contributed by atoms with Gasteiger partial charge in [0.15, 0.2) is 5.82 Å². The van der Waals surface area contributed by atoms with Gasteiger partial charge < -0.3 is 0 Å². The Labute approximate surface area is 85.2 Å². The third kappa shape index (κ3) is 1.87. The predicted octanol–water partition coefficient (Wildman–Crippen LogP) is 2.94. The largest absolute Gasteiger partial charge is 0.236 e. The van der Waals surface area contributed by atoms with E-state index in [0.29, 0.717) is 5.88 Å². The highest BCUT2D eigenvalue weighted by molar-refractivity contribution is 7.08. The van der Waals surface area contributed by atoms with Gasteiger partial charge >= 0.3 is 0 Å². The van der Waals surface area contributed by atoms with Crippen LogP contribution in [0, 0.1) is 0 Å². The zero-order valence-corrected chi connectivity index (χ0v) is 8.35. The van der Waals surface area contributed by atoms with E-state index >= 15 is 0 Å². The molecule has 2 aromatic rings. The van der Waals surface area contributed by atoms with E-state index in [1.165, 1.54) is 0 Å². The van der Waals surface area contributed by atoms with Gasteiger partial charge in [-0.15, -0.1) is 11.6 Å². The lowest BCUT2D eigenvalue weighted by atomic mass is 10.3. The lowest BCUT2D eigenvalue weighted by Crippen LogP contribution is -1.88. The normalized spacial score (nSPS) is 10.2. The summed E-state index contributed by atoms with van der Waals surface area (Å²) in [5.74, 6) is 1.22. The van der Waals surface area contributed by atoms with Crippen molar-refractivity contribution >= 4 is 22.9 Å². The Balaban J connectivity index is 2.33. The van der Waals surface area contributed by atoms with Gasteiger partial charge in [0, 0.05) is 28.9 Å². The molecule has 0 unspecified atom stereocenters. The van der Waals surface area contributed by atoms with Crippen LogP contribution in [0.2, 0.25) is 0 Å². The number of alkyl halides is 1. The summed E-state index contributed by atoms with van der Waals surface area (Å²) in [4.78, 5) is 8.41. The molecule has 0 bridgehead atoms. The van der Waals surface area contributed by atoms with E-state index < -0.39 is 0 Å². The second-order valence-corrected chi connectivity index (χ2v) is 3.61. The minimum Gasteiger partial charge on any atom is -0.236 e. The quantitative estimate of drug-likeness (QED) is 0.713. The van der Waals surface area contributed by atoms with Crippen LogP contribution in [0.4, 0.5) is 0 Å². The molecule has 0 atom stereocenters. The summed E-state index contributed by atoms with van der Waals surface area (Å²) < 4.78 is 0. The van der Waals surface area contributed by atoms with Crippen molar-refractivity contribution in [3.8, 4) is 11.4 Å². The minimum absolute atomic E-state index is 0.462. The molecule has 2 nitrogen and oxygen atoms in total. The number of hydrogen-bond donors (Lipinski definition) is 0. The predicted molar refractivity (Wildman–Crippen MR) is 54.9 cm³/mol. The lowest BCUT2D eigenvalue weighted by Gasteiger charge is -1.96. The highest BCUT2D eigenvalue weighted by atomic mass is 35.5. The Kier molecular flexibility index (Phi) is 2.57. The van der Waals surface area contributed by atoms with Crippen LogP contribution < -0.4 is 0 Å². The molecule has 66 valence electrons. The first-order chi connectivity index (χ1) is 6.40. The Bertz CT molecular complexity index is 369. The number of halogens is 1. The summed E-state index contributed by atoms with van der Waals surface area (Å²) in [5, 5.41) is 4.03. The molecule has 2 rings (SSSR count). The Morgan fingerprint density at radius 1 is 1.31 bits per heavy atom. The van der Waals surface area contributed by atoms with Crippen molar-refractivity contribution in [2.75, 3.05) is 0 Å². The van der Waals surface area contributed by atoms with Crippen molar-refractivity contribution in [1.29, 1.82) is 0 Å².